The molecule has 1 unspecified atom stereocenters. The molecule has 0 radical (unpaired) electrons. The Hall–Kier alpha value is -3.35. The van der Waals surface area contributed by atoms with Crippen molar-refractivity contribution >= 4 is 18.0 Å². The van der Waals surface area contributed by atoms with E-state index in [1.165, 1.54) is 0 Å². The minimum Gasteiger partial charge on any atom is -0.481 e. The number of hydrogen-bond acceptors (Lipinski definition) is 3. The first kappa shape index (κ1) is 22.9. The standard InChI is InChI=1S/C23H28N2O5/c26-21(27)10-6-2-5-9-20(22(28)29)25-23(30)24-16-15-17-11-13-19(14-12-17)18-7-3-1-4-8-18/h1,3-4,7-8,11-14,20H,2,5-6,9-10,15-16H2,(H,26,27)(H,28,29)(H2,24,25,30). The van der Waals surface area contributed by atoms with E-state index in [-0.39, 0.29) is 12.8 Å². The SMILES string of the molecule is O=C(O)CCCCCC(NC(=O)NCCc1ccc(-c2ccccc2)cc1)C(=O)O. The highest BCUT2D eigenvalue weighted by Gasteiger charge is 2.19. The monoisotopic (exact) mass is 412 g/mol. The second-order valence-corrected chi connectivity index (χ2v) is 7.10. The Morgan fingerprint density at radius 2 is 1.50 bits per heavy atom. The van der Waals surface area contributed by atoms with Crippen molar-refractivity contribution in [3.05, 3.63) is 60.2 Å². The molecule has 0 spiro atoms. The van der Waals surface area contributed by atoms with Gasteiger partial charge in [-0.25, -0.2) is 9.59 Å². The van der Waals surface area contributed by atoms with E-state index in [0.717, 1.165) is 16.7 Å². The van der Waals surface area contributed by atoms with Gasteiger partial charge in [0.05, 0.1) is 0 Å². The van der Waals surface area contributed by atoms with Gasteiger partial charge in [0.15, 0.2) is 0 Å². The lowest BCUT2D eigenvalue weighted by molar-refractivity contribution is -0.139. The zero-order chi connectivity index (χ0) is 21.8. The normalized spacial score (nSPS) is 11.5. The van der Waals surface area contributed by atoms with Crippen molar-refractivity contribution in [1.82, 2.24) is 10.6 Å². The molecule has 2 aromatic rings. The molecule has 30 heavy (non-hydrogen) atoms. The van der Waals surface area contributed by atoms with Crippen LogP contribution in [0.2, 0.25) is 0 Å². The third kappa shape index (κ3) is 8.34. The van der Waals surface area contributed by atoms with Crippen molar-refractivity contribution in [2.24, 2.45) is 0 Å². The van der Waals surface area contributed by atoms with Crippen molar-refractivity contribution in [1.29, 1.82) is 0 Å². The Morgan fingerprint density at radius 3 is 2.13 bits per heavy atom. The molecular weight excluding hydrogens is 384 g/mol. The number of urea groups is 1. The van der Waals surface area contributed by atoms with E-state index >= 15 is 0 Å². The molecule has 7 nitrogen and oxygen atoms in total. The highest BCUT2D eigenvalue weighted by atomic mass is 16.4. The number of carboxylic acid groups (broad SMARTS) is 2. The first-order chi connectivity index (χ1) is 14.5. The number of rotatable bonds is 12. The predicted octanol–water partition coefficient (Wildman–Crippen LogP) is 3.68. The van der Waals surface area contributed by atoms with Crippen LogP contribution in [0.1, 0.15) is 37.7 Å². The number of carboxylic acids is 2. The summed E-state index contributed by atoms with van der Waals surface area (Å²) >= 11 is 0. The Labute approximate surface area is 176 Å². The van der Waals surface area contributed by atoms with Crippen LogP contribution in [-0.4, -0.2) is 40.8 Å². The number of carbonyl (C=O) groups is 3. The molecule has 0 aliphatic carbocycles. The van der Waals surface area contributed by atoms with Crippen LogP contribution in [0.4, 0.5) is 4.79 Å². The molecule has 4 N–H and O–H groups in total. The summed E-state index contributed by atoms with van der Waals surface area (Å²) in [4.78, 5) is 33.8. The topological polar surface area (TPSA) is 116 Å². The molecule has 0 aliphatic rings. The van der Waals surface area contributed by atoms with E-state index in [4.69, 9.17) is 5.11 Å². The van der Waals surface area contributed by atoms with Crippen molar-refractivity contribution in [2.75, 3.05) is 6.54 Å². The van der Waals surface area contributed by atoms with E-state index in [9.17, 15) is 19.5 Å². The Kier molecular flexibility index (Phi) is 9.37. The van der Waals surface area contributed by atoms with Gasteiger partial charge in [0, 0.05) is 13.0 Å². The van der Waals surface area contributed by atoms with E-state index in [2.05, 4.69) is 10.6 Å². The van der Waals surface area contributed by atoms with Crippen LogP contribution < -0.4 is 10.6 Å². The van der Waals surface area contributed by atoms with Crippen LogP contribution in [0.5, 0.6) is 0 Å². The van der Waals surface area contributed by atoms with Gasteiger partial charge in [-0.05, 0) is 36.0 Å². The van der Waals surface area contributed by atoms with Crippen molar-refractivity contribution in [2.45, 2.75) is 44.6 Å². The van der Waals surface area contributed by atoms with Crippen LogP contribution >= 0.6 is 0 Å². The summed E-state index contributed by atoms with van der Waals surface area (Å²) in [5.74, 6) is -1.96. The van der Waals surface area contributed by atoms with Gasteiger partial charge in [-0.2, -0.15) is 0 Å². The van der Waals surface area contributed by atoms with Gasteiger partial charge >= 0.3 is 18.0 Å². The van der Waals surface area contributed by atoms with E-state index < -0.39 is 24.0 Å². The molecule has 2 amide bonds. The molecule has 0 aromatic heterocycles. The van der Waals surface area contributed by atoms with E-state index in [1.54, 1.807) is 0 Å². The largest absolute Gasteiger partial charge is 0.481 e. The maximum Gasteiger partial charge on any atom is 0.326 e. The summed E-state index contributed by atoms with van der Waals surface area (Å²) in [6.45, 7) is 0.390. The number of aliphatic carboxylic acids is 2. The molecule has 7 heteroatoms. The Morgan fingerprint density at radius 1 is 0.833 bits per heavy atom. The molecule has 0 saturated heterocycles. The Bertz CT molecular complexity index is 821. The quantitative estimate of drug-likeness (QED) is 0.397. The van der Waals surface area contributed by atoms with Crippen molar-refractivity contribution in [3.8, 4) is 11.1 Å². The molecule has 0 fully saturated rings. The summed E-state index contributed by atoms with van der Waals surface area (Å²) < 4.78 is 0. The molecule has 160 valence electrons. The number of amides is 2. The molecule has 0 saturated carbocycles. The summed E-state index contributed by atoms with van der Waals surface area (Å²) in [5, 5.41) is 23.0. The lowest BCUT2D eigenvalue weighted by Gasteiger charge is -2.15. The van der Waals surface area contributed by atoms with Crippen LogP contribution in [0.25, 0.3) is 11.1 Å². The minimum absolute atomic E-state index is 0.0674. The fraction of sp³-hybridized carbons (Fsp3) is 0.348. The van der Waals surface area contributed by atoms with Crippen LogP contribution in [0.3, 0.4) is 0 Å². The molecule has 0 heterocycles. The average molecular weight is 412 g/mol. The predicted molar refractivity (Wildman–Crippen MR) is 114 cm³/mol. The summed E-state index contributed by atoms with van der Waals surface area (Å²) in [6.07, 6.45) is 2.62. The van der Waals surface area contributed by atoms with Gasteiger partial charge in [0.2, 0.25) is 0 Å². The number of nitrogens with one attached hydrogen (secondary N) is 2. The van der Waals surface area contributed by atoms with E-state index in [0.29, 0.717) is 32.2 Å². The third-order valence-electron chi connectivity index (χ3n) is 4.75. The molecule has 0 aliphatic heterocycles. The third-order valence-corrected chi connectivity index (χ3v) is 4.75. The summed E-state index contributed by atoms with van der Waals surface area (Å²) in [6, 6.07) is 16.6. The number of benzene rings is 2. The smallest absolute Gasteiger partial charge is 0.326 e. The van der Waals surface area contributed by atoms with Crippen LogP contribution in [0, 0.1) is 0 Å². The van der Waals surface area contributed by atoms with Gasteiger partial charge < -0.3 is 20.8 Å². The first-order valence-corrected chi connectivity index (χ1v) is 10.1. The van der Waals surface area contributed by atoms with Crippen LogP contribution in [0.15, 0.2) is 54.6 Å². The van der Waals surface area contributed by atoms with E-state index in [1.807, 2.05) is 54.6 Å². The maximum atomic E-state index is 12.0. The highest BCUT2D eigenvalue weighted by molar-refractivity contribution is 5.82. The fourth-order valence-corrected chi connectivity index (χ4v) is 3.08. The maximum absolute atomic E-state index is 12.0. The molecule has 1 atom stereocenters. The summed E-state index contributed by atoms with van der Waals surface area (Å²) in [5.41, 5.74) is 3.34. The minimum atomic E-state index is -1.10. The second kappa shape index (κ2) is 12.3. The van der Waals surface area contributed by atoms with Gasteiger partial charge in [-0.3, -0.25) is 4.79 Å². The van der Waals surface area contributed by atoms with Gasteiger partial charge in [-0.1, -0.05) is 67.4 Å². The van der Waals surface area contributed by atoms with Gasteiger partial charge in [-0.15, -0.1) is 0 Å². The highest BCUT2D eigenvalue weighted by Crippen LogP contribution is 2.19. The molecule has 0 bridgehead atoms. The second-order valence-electron chi connectivity index (χ2n) is 7.10. The van der Waals surface area contributed by atoms with Crippen molar-refractivity contribution < 1.29 is 24.6 Å². The number of unbranched alkanes of at least 4 members (excludes halogenated alkanes) is 2. The zero-order valence-corrected chi connectivity index (χ0v) is 16.8. The van der Waals surface area contributed by atoms with Crippen molar-refractivity contribution in [3.63, 3.8) is 0 Å². The number of carbonyl (C=O) groups excluding carboxylic acids is 1. The van der Waals surface area contributed by atoms with Gasteiger partial charge in [0.1, 0.15) is 6.04 Å². The molecule has 2 aromatic carbocycles. The van der Waals surface area contributed by atoms with Gasteiger partial charge in [0.25, 0.3) is 0 Å². The summed E-state index contributed by atoms with van der Waals surface area (Å²) in [7, 11) is 0. The zero-order valence-electron chi connectivity index (χ0n) is 16.8. The first-order valence-electron chi connectivity index (χ1n) is 10.1. The lowest BCUT2D eigenvalue weighted by Crippen LogP contribution is -2.46. The number of hydrogen-bond donors (Lipinski definition) is 4. The lowest BCUT2D eigenvalue weighted by atomic mass is 10.0. The molecular formula is C23H28N2O5. The molecule has 2 rings (SSSR count). The average Bonchev–Trinajstić information content (AvgIpc) is 2.73. The fourth-order valence-electron chi connectivity index (χ4n) is 3.08. The Balaban J connectivity index is 1.71. The van der Waals surface area contributed by atoms with Crippen LogP contribution in [-0.2, 0) is 16.0 Å².